The van der Waals surface area contributed by atoms with Gasteiger partial charge in [-0.3, -0.25) is 4.79 Å². The van der Waals surface area contributed by atoms with Crippen LogP contribution < -0.4 is 10.6 Å². The molecule has 0 saturated carbocycles. The molecule has 7 heteroatoms. The highest BCUT2D eigenvalue weighted by molar-refractivity contribution is 5.85. The van der Waals surface area contributed by atoms with Crippen molar-refractivity contribution in [1.82, 2.24) is 10.6 Å². The first-order chi connectivity index (χ1) is 11.3. The van der Waals surface area contributed by atoms with Gasteiger partial charge in [-0.05, 0) is 55.5 Å². The highest BCUT2D eigenvalue weighted by Crippen LogP contribution is 2.32. The SMILES string of the molecule is CC(C)C(NC(=O)CCC1CCNC1)c1cccc(C(F)(F)F)c1.Cl. The van der Waals surface area contributed by atoms with Crippen molar-refractivity contribution in [2.75, 3.05) is 13.1 Å². The summed E-state index contributed by atoms with van der Waals surface area (Å²) in [6.45, 7) is 5.72. The Bertz CT molecular complexity index is 557. The van der Waals surface area contributed by atoms with Gasteiger partial charge in [-0.25, -0.2) is 0 Å². The van der Waals surface area contributed by atoms with Gasteiger partial charge in [0.1, 0.15) is 0 Å². The monoisotopic (exact) mass is 378 g/mol. The Morgan fingerprint density at radius 2 is 2.08 bits per heavy atom. The fourth-order valence-corrected chi connectivity index (χ4v) is 3.09. The maximum absolute atomic E-state index is 12.9. The topological polar surface area (TPSA) is 41.1 Å². The molecule has 0 aromatic heterocycles. The summed E-state index contributed by atoms with van der Waals surface area (Å²) in [5.41, 5.74) is -0.187. The van der Waals surface area contributed by atoms with Crippen LogP contribution in [0.15, 0.2) is 24.3 Å². The average Bonchev–Trinajstić information content (AvgIpc) is 3.03. The quantitative estimate of drug-likeness (QED) is 0.773. The van der Waals surface area contributed by atoms with Gasteiger partial charge in [-0.1, -0.05) is 26.0 Å². The normalized spacial score (nSPS) is 18.7. The maximum atomic E-state index is 12.9. The summed E-state index contributed by atoms with van der Waals surface area (Å²) in [5, 5.41) is 6.17. The van der Waals surface area contributed by atoms with Gasteiger partial charge in [-0.15, -0.1) is 12.4 Å². The molecule has 0 radical (unpaired) electrons. The Labute approximate surface area is 153 Å². The number of benzene rings is 1. The minimum absolute atomic E-state index is 0. The number of carbonyl (C=O) groups is 1. The third-order valence-electron chi connectivity index (χ3n) is 4.50. The Balaban J connectivity index is 0.00000312. The molecule has 0 bridgehead atoms. The van der Waals surface area contributed by atoms with Crippen LogP contribution in [0.1, 0.15) is 50.3 Å². The number of nitrogens with one attached hydrogen (secondary N) is 2. The van der Waals surface area contributed by atoms with Gasteiger partial charge in [0.2, 0.25) is 5.91 Å². The molecule has 0 spiro atoms. The number of hydrogen-bond acceptors (Lipinski definition) is 2. The maximum Gasteiger partial charge on any atom is 0.416 e. The fraction of sp³-hybridized carbons (Fsp3) is 0.611. The second-order valence-corrected chi connectivity index (χ2v) is 6.81. The molecule has 1 aliphatic heterocycles. The van der Waals surface area contributed by atoms with E-state index in [-0.39, 0.29) is 24.2 Å². The molecule has 1 fully saturated rings. The van der Waals surface area contributed by atoms with Crippen molar-refractivity contribution < 1.29 is 18.0 Å². The van der Waals surface area contributed by atoms with Gasteiger partial charge in [0, 0.05) is 6.42 Å². The summed E-state index contributed by atoms with van der Waals surface area (Å²) in [7, 11) is 0. The van der Waals surface area contributed by atoms with E-state index in [1.165, 1.54) is 6.07 Å². The number of alkyl halides is 3. The Kier molecular flexibility index (Phi) is 8.22. The van der Waals surface area contributed by atoms with Crippen LogP contribution >= 0.6 is 12.4 Å². The minimum Gasteiger partial charge on any atom is -0.349 e. The second-order valence-electron chi connectivity index (χ2n) is 6.81. The summed E-state index contributed by atoms with van der Waals surface area (Å²) in [4.78, 5) is 12.2. The van der Waals surface area contributed by atoms with Crippen molar-refractivity contribution in [3.63, 3.8) is 0 Å². The molecule has 1 aromatic rings. The molecule has 2 unspecified atom stereocenters. The van der Waals surface area contributed by atoms with Crippen molar-refractivity contribution in [2.24, 2.45) is 11.8 Å². The van der Waals surface area contributed by atoms with E-state index in [0.717, 1.165) is 38.1 Å². The zero-order chi connectivity index (χ0) is 17.7. The number of hydrogen-bond donors (Lipinski definition) is 2. The third-order valence-corrected chi connectivity index (χ3v) is 4.50. The van der Waals surface area contributed by atoms with E-state index in [9.17, 15) is 18.0 Å². The lowest BCUT2D eigenvalue weighted by Crippen LogP contribution is -2.32. The Morgan fingerprint density at radius 1 is 1.36 bits per heavy atom. The first-order valence-electron chi connectivity index (χ1n) is 8.44. The number of rotatable bonds is 6. The molecule has 142 valence electrons. The van der Waals surface area contributed by atoms with Crippen LogP contribution in [0.5, 0.6) is 0 Å². The van der Waals surface area contributed by atoms with Crippen LogP contribution in [0.3, 0.4) is 0 Å². The van der Waals surface area contributed by atoms with E-state index in [1.807, 2.05) is 13.8 Å². The summed E-state index contributed by atoms with van der Waals surface area (Å²) in [6, 6.07) is 4.80. The lowest BCUT2D eigenvalue weighted by atomic mass is 9.94. The van der Waals surface area contributed by atoms with Crippen LogP contribution in [0.25, 0.3) is 0 Å². The van der Waals surface area contributed by atoms with Gasteiger partial charge in [0.15, 0.2) is 0 Å². The van der Waals surface area contributed by atoms with Crippen molar-refractivity contribution >= 4 is 18.3 Å². The molecule has 25 heavy (non-hydrogen) atoms. The molecule has 2 atom stereocenters. The zero-order valence-electron chi connectivity index (χ0n) is 14.5. The van der Waals surface area contributed by atoms with Gasteiger partial charge >= 0.3 is 6.18 Å². The standard InChI is InChI=1S/C18H25F3N2O.ClH/c1-12(2)17(14-4-3-5-15(10-14)18(19,20)21)23-16(24)7-6-13-8-9-22-11-13;/h3-5,10,12-13,17,22H,6-9,11H2,1-2H3,(H,23,24);1H. The van der Waals surface area contributed by atoms with Crippen LogP contribution in [-0.4, -0.2) is 19.0 Å². The zero-order valence-corrected chi connectivity index (χ0v) is 15.3. The molecule has 1 aromatic carbocycles. The predicted molar refractivity (Wildman–Crippen MR) is 94.6 cm³/mol. The summed E-state index contributed by atoms with van der Waals surface area (Å²) in [6.07, 6.45) is -2.08. The van der Waals surface area contributed by atoms with Gasteiger partial charge in [0.05, 0.1) is 11.6 Å². The number of carbonyl (C=O) groups excluding carboxylic acids is 1. The van der Waals surface area contributed by atoms with Crippen molar-refractivity contribution in [3.8, 4) is 0 Å². The molecule has 1 saturated heterocycles. The van der Waals surface area contributed by atoms with E-state index in [4.69, 9.17) is 0 Å². The molecule has 2 rings (SSSR count). The van der Waals surface area contributed by atoms with Gasteiger partial charge < -0.3 is 10.6 Å². The van der Waals surface area contributed by atoms with Crippen LogP contribution in [-0.2, 0) is 11.0 Å². The average molecular weight is 379 g/mol. The molecular weight excluding hydrogens is 353 g/mol. The largest absolute Gasteiger partial charge is 0.416 e. The molecule has 0 aliphatic carbocycles. The Morgan fingerprint density at radius 3 is 2.64 bits per heavy atom. The second kappa shape index (κ2) is 9.43. The van der Waals surface area contributed by atoms with Crippen molar-refractivity contribution in [3.05, 3.63) is 35.4 Å². The van der Waals surface area contributed by atoms with E-state index in [0.29, 0.717) is 17.9 Å². The lowest BCUT2D eigenvalue weighted by molar-refractivity contribution is -0.137. The molecule has 1 aliphatic rings. The highest BCUT2D eigenvalue weighted by atomic mass is 35.5. The Hall–Kier alpha value is -1.27. The first-order valence-corrected chi connectivity index (χ1v) is 8.44. The van der Waals surface area contributed by atoms with E-state index < -0.39 is 17.8 Å². The third kappa shape index (κ3) is 6.51. The number of halogens is 4. The first kappa shape index (κ1) is 21.8. The molecule has 1 heterocycles. The van der Waals surface area contributed by atoms with Gasteiger partial charge in [0.25, 0.3) is 0 Å². The molecular formula is C18H26ClF3N2O. The van der Waals surface area contributed by atoms with Crippen molar-refractivity contribution in [2.45, 2.75) is 45.3 Å². The van der Waals surface area contributed by atoms with E-state index >= 15 is 0 Å². The minimum atomic E-state index is -4.38. The lowest BCUT2D eigenvalue weighted by Gasteiger charge is -2.24. The van der Waals surface area contributed by atoms with E-state index in [2.05, 4.69) is 10.6 Å². The smallest absolute Gasteiger partial charge is 0.349 e. The summed E-state index contributed by atoms with van der Waals surface area (Å²) in [5.74, 6) is 0.422. The summed E-state index contributed by atoms with van der Waals surface area (Å²) < 4.78 is 38.7. The summed E-state index contributed by atoms with van der Waals surface area (Å²) >= 11 is 0. The van der Waals surface area contributed by atoms with Gasteiger partial charge in [-0.2, -0.15) is 13.2 Å². The van der Waals surface area contributed by atoms with Crippen molar-refractivity contribution in [1.29, 1.82) is 0 Å². The predicted octanol–water partition coefficient (Wildman–Crippen LogP) is 4.33. The number of amides is 1. The van der Waals surface area contributed by atoms with Crippen LogP contribution in [0.4, 0.5) is 13.2 Å². The molecule has 3 nitrogen and oxygen atoms in total. The fourth-order valence-electron chi connectivity index (χ4n) is 3.09. The highest BCUT2D eigenvalue weighted by Gasteiger charge is 2.31. The molecule has 1 amide bonds. The van der Waals surface area contributed by atoms with Crippen LogP contribution in [0, 0.1) is 11.8 Å². The van der Waals surface area contributed by atoms with E-state index in [1.54, 1.807) is 6.07 Å². The molecule has 2 N–H and O–H groups in total. The van der Waals surface area contributed by atoms with Crippen LogP contribution in [0.2, 0.25) is 0 Å².